The van der Waals surface area contributed by atoms with E-state index in [2.05, 4.69) is 0 Å². The van der Waals surface area contributed by atoms with E-state index in [9.17, 15) is 19.8 Å². The number of aliphatic hydroxyl groups excluding tert-OH is 2. The second kappa shape index (κ2) is 4.21. The number of hydrogen-bond donors (Lipinski definition) is 2. The molecule has 6 aliphatic rings. The highest BCUT2D eigenvalue weighted by molar-refractivity contribution is 5.77. The van der Waals surface area contributed by atoms with E-state index in [1.54, 1.807) is 0 Å². The molecule has 22 heavy (non-hydrogen) atoms. The smallest absolute Gasteiger partial charge is 0.312 e. The molecule has 0 aromatic heterocycles. The molecule has 2 N–H and O–H groups in total. The molecule has 6 rings (SSSR count). The average Bonchev–Trinajstić information content (AvgIpc) is 3.24. The molecule has 2 saturated carbocycles. The summed E-state index contributed by atoms with van der Waals surface area (Å²) in [5, 5.41) is 19.0. The summed E-state index contributed by atoms with van der Waals surface area (Å²) in [5.41, 5.74) is 0. The van der Waals surface area contributed by atoms with Gasteiger partial charge in [0.05, 0.1) is 24.0 Å². The van der Waals surface area contributed by atoms with Crippen LogP contribution in [0.2, 0.25) is 0 Å². The van der Waals surface area contributed by atoms with Crippen LogP contribution in [0.25, 0.3) is 0 Å². The minimum atomic E-state index is -0.581. The summed E-state index contributed by atoms with van der Waals surface area (Å²) in [6.45, 7) is 0. The first-order valence-electron chi connectivity index (χ1n) is 7.97. The molecule has 7 heteroatoms. The Labute approximate surface area is 126 Å². The van der Waals surface area contributed by atoms with Gasteiger partial charge in [0.1, 0.15) is 18.3 Å². The first-order chi connectivity index (χ1) is 10.5. The maximum Gasteiger partial charge on any atom is 0.312 e. The second-order valence-electron chi connectivity index (χ2n) is 7.27. The van der Waals surface area contributed by atoms with E-state index in [0.717, 1.165) is 12.8 Å². The standard InChI is InChI=1S/C8H10O3.C7H8O4/c9-6-3-1-4-5(2-3)8(10)11-7(4)6;8-4-3-1-2-5(10-3)6(4)11-7(2)9/h3-7,9H,1-2H2;2-6,8H,1H2. The van der Waals surface area contributed by atoms with Crippen molar-refractivity contribution in [3.63, 3.8) is 0 Å². The molecule has 10 unspecified atom stereocenters. The lowest BCUT2D eigenvalue weighted by Gasteiger charge is -2.19. The molecular weight excluding hydrogens is 292 g/mol. The highest BCUT2D eigenvalue weighted by Gasteiger charge is 2.63. The Kier molecular flexibility index (Phi) is 2.54. The van der Waals surface area contributed by atoms with Gasteiger partial charge in [0.25, 0.3) is 0 Å². The lowest BCUT2D eigenvalue weighted by molar-refractivity contribution is -0.146. The van der Waals surface area contributed by atoms with E-state index in [1.807, 2.05) is 0 Å². The minimum Gasteiger partial charge on any atom is -0.459 e. The van der Waals surface area contributed by atoms with Gasteiger partial charge in [0.15, 0.2) is 6.10 Å². The van der Waals surface area contributed by atoms with Crippen molar-refractivity contribution in [3.05, 3.63) is 0 Å². The van der Waals surface area contributed by atoms with Crippen molar-refractivity contribution >= 4 is 11.9 Å². The summed E-state index contributed by atoms with van der Waals surface area (Å²) in [5.74, 6) is 0.476. The number of ether oxygens (including phenoxy) is 3. The zero-order valence-corrected chi connectivity index (χ0v) is 11.8. The molecule has 6 fully saturated rings. The van der Waals surface area contributed by atoms with Gasteiger partial charge in [-0.1, -0.05) is 0 Å². The molecule has 0 aromatic carbocycles. The highest BCUT2D eigenvalue weighted by Crippen LogP contribution is 2.54. The van der Waals surface area contributed by atoms with Crippen LogP contribution in [0.4, 0.5) is 0 Å². The molecule has 4 saturated heterocycles. The topological polar surface area (TPSA) is 102 Å². The summed E-state index contributed by atoms with van der Waals surface area (Å²) in [4.78, 5) is 22.1. The van der Waals surface area contributed by atoms with Crippen molar-refractivity contribution in [1.82, 2.24) is 0 Å². The van der Waals surface area contributed by atoms with E-state index < -0.39 is 6.10 Å². The van der Waals surface area contributed by atoms with Gasteiger partial charge in [0.2, 0.25) is 0 Å². The van der Waals surface area contributed by atoms with Gasteiger partial charge in [-0.15, -0.1) is 0 Å². The molecule has 0 spiro atoms. The summed E-state index contributed by atoms with van der Waals surface area (Å²) in [6, 6.07) is 0. The Morgan fingerprint density at radius 2 is 1.55 bits per heavy atom. The fourth-order valence-electron chi connectivity index (χ4n) is 5.18. The van der Waals surface area contributed by atoms with E-state index >= 15 is 0 Å². The normalized spacial score (nSPS) is 58.6. The summed E-state index contributed by atoms with van der Waals surface area (Å²) >= 11 is 0. The van der Waals surface area contributed by atoms with Crippen molar-refractivity contribution < 1.29 is 34.0 Å². The van der Waals surface area contributed by atoms with Crippen LogP contribution in [0.1, 0.15) is 19.3 Å². The Morgan fingerprint density at radius 3 is 2.18 bits per heavy atom. The van der Waals surface area contributed by atoms with Crippen LogP contribution in [0.3, 0.4) is 0 Å². The SMILES string of the molecule is O=C1OC2C(O)C3CC1C2C3.O=C1OC2C(O)C3CC1C2O3. The van der Waals surface area contributed by atoms with Gasteiger partial charge < -0.3 is 24.4 Å². The number of esters is 2. The van der Waals surface area contributed by atoms with Crippen molar-refractivity contribution in [2.45, 2.75) is 55.9 Å². The van der Waals surface area contributed by atoms with Crippen molar-refractivity contribution in [1.29, 1.82) is 0 Å². The molecule has 7 nitrogen and oxygen atoms in total. The maximum atomic E-state index is 11.1. The monoisotopic (exact) mass is 310 g/mol. The Hall–Kier alpha value is -1.18. The lowest BCUT2D eigenvalue weighted by atomic mass is 9.88. The maximum absolute atomic E-state index is 11.1. The number of hydrogen-bond acceptors (Lipinski definition) is 7. The first kappa shape index (κ1) is 13.3. The van der Waals surface area contributed by atoms with Crippen molar-refractivity contribution in [2.75, 3.05) is 0 Å². The molecule has 2 aliphatic carbocycles. The zero-order chi connectivity index (χ0) is 15.2. The van der Waals surface area contributed by atoms with E-state index in [0.29, 0.717) is 18.3 Å². The summed E-state index contributed by atoms with van der Waals surface area (Å²) in [6.07, 6.45) is 0.747. The number of carbonyl (C=O) groups is 2. The van der Waals surface area contributed by atoms with Gasteiger partial charge in [-0.3, -0.25) is 9.59 Å². The van der Waals surface area contributed by atoms with Crippen molar-refractivity contribution in [3.8, 4) is 0 Å². The van der Waals surface area contributed by atoms with Crippen LogP contribution in [-0.4, -0.2) is 58.8 Å². The van der Waals surface area contributed by atoms with E-state index in [1.165, 1.54) is 0 Å². The third-order valence-electron chi connectivity index (χ3n) is 6.26. The van der Waals surface area contributed by atoms with Gasteiger partial charge in [0, 0.05) is 5.92 Å². The van der Waals surface area contributed by atoms with Crippen LogP contribution in [0.15, 0.2) is 0 Å². The fraction of sp³-hybridized carbons (Fsp3) is 0.867. The lowest BCUT2D eigenvalue weighted by Crippen LogP contribution is -2.36. The summed E-state index contributed by atoms with van der Waals surface area (Å²) < 4.78 is 15.3. The van der Waals surface area contributed by atoms with Gasteiger partial charge in [-0.05, 0) is 25.2 Å². The predicted octanol–water partition coefficient (Wildman–Crippen LogP) is -1.01. The Morgan fingerprint density at radius 1 is 0.818 bits per heavy atom. The van der Waals surface area contributed by atoms with Crippen LogP contribution in [-0.2, 0) is 23.8 Å². The van der Waals surface area contributed by atoms with Crippen LogP contribution < -0.4 is 0 Å². The minimum absolute atomic E-state index is 0.0703. The quantitative estimate of drug-likeness (QED) is 0.553. The molecule has 4 heterocycles. The number of rotatable bonds is 0. The molecule has 4 bridgehead atoms. The largest absolute Gasteiger partial charge is 0.459 e. The Balaban J connectivity index is 0.000000102. The molecule has 0 radical (unpaired) electrons. The van der Waals surface area contributed by atoms with Crippen LogP contribution in [0, 0.1) is 23.7 Å². The molecule has 120 valence electrons. The van der Waals surface area contributed by atoms with Gasteiger partial charge in [-0.2, -0.15) is 0 Å². The molecule has 4 aliphatic heterocycles. The van der Waals surface area contributed by atoms with Gasteiger partial charge in [-0.25, -0.2) is 0 Å². The van der Waals surface area contributed by atoms with E-state index in [-0.39, 0.29) is 54.3 Å². The Bertz CT molecular complexity index is 500. The first-order valence-corrected chi connectivity index (χ1v) is 7.97. The average molecular weight is 310 g/mol. The number of carbonyl (C=O) groups excluding carboxylic acids is 2. The molecule has 10 atom stereocenters. The van der Waals surface area contributed by atoms with Crippen LogP contribution in [0.5, 0.6) is 0 Å². The zero-order valence-electron chi connectivity index (χ0n) is 11.8. The third-order valence-corrected chi connectivity index (χ3v) is 6.26. The number of fused-ring (bicyclic) bond motifs is 2. The molecule has 0 aromatic rings. The third kappa shape index (κ3) is 1.51. The summed E-state index contributed by atoms with van der Waals surface area (Å²) in [7, 11) is 0. The predicted molar refractivity (Wildman–Crippen MR) is 68.2 cm³/mol. The van der Waals surface area contributed by atoms with E-state index in [4.69, 9.17) is 14.2 Å². The van der Waals surface area contributed by atoms with Crippen LogP contribution >= 0.6 is 0 Å². The number of aliphatic hydroxyl groups is 2. The van der Waals surface area contributed by atoms with Gasteiger partial charge >= 0.3 is 11.9 Å². The van der Waals surface area contributed by atoms with Crippen molar-refractivity contribution in [2.24, 2.45) is 23.7 Å². The second-order valence-corrected chi connectivity index (χ2v) is 7.27. The highest BCUT2D eigenvalue weighted by atomic mass is 16.6. The molecular formula is C15H18O7. The fourth-order valence-corrected chi connectivity index (χ4v) is 5.18. The molecule has 0 amide bonds.